The summed E-state index contributed by atoms with van der Waals surface area (Å²) in [5.74, 6) is -0.472. The Bertz CT molecular complexity index is 957. The van der Waals surface area contributed by atoms with Gasteiger partial charge in [0.15, 0.2) is 0 Å². The Kier molecular flexibility index (Phi) is 6.16. The molecule has 0 spiro atoms. The molecule has 5 heteroatoms. The molecular weight excluding hydrogens is 353 g/mol. The van der Waals surface area contributed by atoms with E-state index in [1.807, 2.05) is 68.4 Å². The van der Waals surface area contributed by atoms with E-state index < -0.39 is 0 Å². The van der Waals surface area contributed by atoms with E-state index >= 15 is 0 Å². The molecule has 28 heavy (non-hydrogen) atoms. The molecule has 3 aromatic rings. The Hall–Kier alpha value is -3.05. The van der Waals surface area contributed by atoms with Crippen molar-refractivity contribution in [2.24, 2.45) is 0 Å². The molecule has 1 N–H and O–H groups in total. The van der Waals surface area contributed by atoms with Crippen LogP contribution in [0.2, 0.25) is 0 Å². The summed E-state index contributed by atoms with van der Waals surface area (Å²) in [6, 6.07) is 19.8. The van der Waals surface area contributed by atoms with Crippen molar-refractivity contribution < 1.29 is 9.18 Å². The summed E-state index contributed by atoms with van der Waals surface area (Å²) < 4.78 is 13.6. The van der Waals surface area contributed by atoms with Crippen molar-refractivity contribution in [1.29, 1.82) is 0 Å². The second kappa shape index (κ2) is 8.76. The van der Waals surface area contributed by atoms with Crippen molar-refractivity contribution in [2.75, 3.05) is 20.6 Å². The molecule has 1 unspecified atom stereocenters. The number of carbonyl (C=O) groups is 1. The molecule has 0 saturated heterocycles. The summed E-state index contributed by atoms with van der Waals surface area (Å²) in [6.45, 7) is 2.20. The van der Waals surface area contributed by atoms with Gasteiger partial charge in [-0.05, 0) is 50.8 Å². The minimum atomic E-state index is -0.285. The van der Waals surface area contributed by atoms with E-state index in [0.717, 1.165) is 16.8 Å². The summed E-state index contributed by atoms with van der Waals surface area (Å²) in [6.07, 6.45) is 0. The molecule has 0 fully saturated rings. The highest BCUT2D eigenvalue weighted by Crippen LogP contribution is 2.20. The molecule has 0 saturated carbocycles. The molecule has 0 aliphatic rings. The van der Waals surface area contributed by atoms with Gasteiger partial charge in [0.25, 0.3) is 5.91 Å². The molecule has 0 aliphatic heterocycles. The first-order chi connectivity index (χ1) is 13.5. The highest BCUT2D eigenvalue weighted by Gasteiger charge is 2.18. The van der Waals surface area contributed by atoms with Gasteiger partial charge >= 0.3 is 0 Å². The van der Waals surface area contributed by atoms with E-state index in [9.17, 15) is 9.18 Å². The Labute approximate surface area is 165 Å². The zero-order chi connectivity index (χ0) is 20.1. The first-order valence-corrected chi connectivity index (χ1v) is 9.19. The summed E-state index contributed by atoms with van der Waals surface area (Å²) in [5.41, 5.74) is 3.87. The van der Waals surface area contributed by atoms with Gasteiger partial charge in [-0.15, -0.1) is 0 Å². The van der Waals surface area contributed by atoms with Crippen LogP contribution in [0.1, 0.15) is 27.7 Å². The van der Waals surface area contributed by atoms with Crippen molar-refractivity contribution in [1.82, 2.24) is 15.2 Å². The zero-order valence-corrected chi connectivity index (χ0v) is 16.3. The van der Waals surface area contributed by atoms with Crippen LogP contribution in [0, 0.1) is 12.7 Å². The molecule has 3 rings (SSSR count). The largest absolute Gasteiger partial charge is 0.350 e. The summed E-state index contributed by atoms with van der Waals surface area (Å²) in [5, 5.41) is 2.96. The SMILES string of the molecule is Cc1nc(-c2ccccc2)ccc1C(=O)NCC(c1cccc(F)c1)N(C)C. The number of benzene rings is 2. The van der Waals surface area contributed by atoms with Crippen LogP contribution in [0.25, 0.3) is 11.3 Å². The monoisotopic (exact) mass is 377 g/mol. The third-order valence-corrected chi connectivity index (χ3v) is 4.71. The number of aromatic nitrogens is 1. The fourth-order valence-electron chi connectivity index (χ4n) is 3.17. The number of rotatable bonds is 6. The van der Waals surface area contributed by atoms with Crippen LogP contribution in [0.5, 0.6) is 0 Å². The molecule has 1 atom stereocenters. The number of amides is 1. The Morgan fingerprint density at radius 1 is 1.07 bits per heavy atom. The number of aryl methyl sites for hydroxylation is 1. The van der Waals surface area contributed by atoms with Crippen molar-refractivity contribution in [3.8, 4) is 11.3 Å². The topological polar surface area (TPSA) is 45.2 Å². The van der Waals surface area contributed by atoms with E-state index in [4.69, 9.17) is 0 Å². The van der Waals surface area contributed by atoms with Crippen LogP contribution in [0.3, 0.4) is 0 Å². The highest BCUT2D eigenvalue weighted by atomic mass is 19.1. The number of pyridine rings is 1. The van der Waals surface area contributed by atoms with E-state index in [0.29, 0.717) is 17.8 Å². The average molecular weight is 377 g/mol. The van der Waals surface area contributed by atoms with Crippen molar-refractivity contribution in [3.63, 3.8) is 0 Å². The number of hydrogen-bond acceptors (Lipinski definition) is 3. The lowest BCUT2D eigenvalue weighted by atomic mass is 10.1. The maximum Gasteiger partial charge on any atom is 0.253 e. The number of likely N-dealkylation sites (N-methyl/N-ethyl adjacent to an activating group) is 1. The summed E-state index contributed by atoms with van der Waals surface area (Å²) in [7, 11) is 3.81. The van der Waals surface area contributed by atoms with E-state index in [1.165, 1.54) is 12.1 Å². The number of carbonyl (C=O) groups excluding carboxylic acids is 1. The summed E-state index contributed by atoms with van der Waals surface area (Å²) >= 11 is 0. The van der Waals surface area contributed by atoms with Gasteiger partial charge in [-0.25, -0.2) is 4.39 Å². The van der Waals surface area contributed by atoms with Crippen LogP contribution in [0.4, 0.5) is 4.39 Å². The van der Waals surface area contributed by atoms with Crippen LogP contribution in [-0.2, 0) is 0 Å². The van der Waals surface area contributed by atoms with Crippen molar-refractivity contribution in [2.45, 2.75) is 13.0 Å². The van der Waals surface area contributed by atoms with Gasteiger partial charge in [0, 0.05) is 12.1 Å². The van der Waals surface area contributed by atoms with Gasteiger partial charge in [-0.1, -0.05) is 42.5 Å². The molecular formula is C23H24FN3O. The van der Waals surface area contributed by atoms with Crippen LogP contribution in [0.15, 0.2) is 66.7 Å². The first-order valence-electron chi connectivity index (χ1n) is 9.19. The van der Waals surface area contributed by atoms with Crippen LogP contribution < -0.4 is 5.32 Å². The van der Waals surface area contributed by atoms with E-state index in [2.05, 4.69) is 10.3 Å². The molecule has 1 amide bonds. The normalized spacial score (nSPS) is 12.0. The lowest BCUT2D eigenvalue weighted by Crippen LogP contribution is -2.35. The second-order valence-electron chi connectivity index (χ2n) is 6.94. The molecule has 1 heterocycles. The number of hydrogen-bond donors (Lipinski definition) is 1. The van der Waals surface area contributed by atoms with E-state index in [1.54, 1.807) is 12.1 Å². The third-order valence-electron chi connectivity index (χ3n) is 4.71. The molecule has 0 bridgehead atoms. The predicted octanol–water partition coefficient (Wildman–Crippen LogP) is 4.23. The van der Waals surface area contributed by atoms with Gasteiger partial charge in [-0.2, -0.15) is 0 Å². The quantitative estimate of drug-likeness (QED) is 0.699. The maximum atomic E-state index is 13.6. The van der Waals surface area contributed by atoms with Crippen molar-refractivity contribution >= 4 is 5.91 Å². The smallest absolute Gasteiger partial charge is 0.253 e. The maximum absolute atomic E-state index is 13.6. The molecule has 1 aromatic heterocycles. The standard InChI is InChI=1S/C23H24FN3O/c1-16-20(12-13-21(26-16)17-8-5-4-6-9-17)23(28)25-15-22(27(2)3)18-10-7-11-19(24)14-18/h4-14,22H,15H2,1-3H3,(H,25,28). The lowest BCUT2D eigenvalue weighted by molar-refractivity contribution is 0.0941. The van der Waals surface area contributed by atoms with Crippen LogP contribution >= 0.6 is 0 Å². The fourth-order valence-corrected chi connectivity index (χ4v) is 3.17. The minimum absolute atomic E-state index is 0.128. The molecule has 2 aromatic carbocycles. The highest BCUT2D eigenvalue weighted by molar-refractivity contribution is 5.95. The molecule has 144 valence electrons. The second-order valence-corrected chi connectivity index (χ2v) is 6.94. The van der Waals surface area contributed by atoms with Crippen molar-refractivity contribution in [3.05, 3.63) is 89.4 Å². The molecule has 0 aliphatic carbocycles. The van der Waals surface area contributed by atoms with Gasteiger partial charge < -0.3 is 10.2 Å². The zero-order valence-electron chi connectivity index (χ0n) is 16.3. The summed E-state index contributed by atoms with van der Waals surface area (Å²) in [4.78, 5) is 19.2. The molecule has 4 nitrogen and oxygen atoms in total. The van der Waals surface area contributed by atoms with Gasteiger partial charge in [0.1, 0.15) is 5.82 Å². The van der Waals surface area contributed by atoms with Crippen LogP contribution in [-0.4, -0.2) is 36.4 Å². The Balaban J connectivity index is 1.73. The first kappa shape index (κ1) is 19.7. The minimum Gasteiger partial charge on any atom is -0.350 e. The number of halogens is 1. The van der Waals surface area contributed by atoms with Gasteiger partial charge in [-0.3, -0.25) is 9.78 Å². The van der Waals surface area contributed by atoms with Gasteiger partial charge in [0.2, 0.25) is 0 Å². The number of nitrogens with one attached hydrogen (secondary N) is 1. The Morgan fingerprint density at radius 2 is 1.82 bits per heavy atom. The van der Waals surface area contributed by atoms with E-state index in [-0.39, 0.29) is 17.8 Å². The number of nitrogens with zero attached hydrogens (tertiary/aromatic N) is 2. The third kappa shape index (κ3) is 4.61. The predicted molar refractivity (Wildman–Crippen MR) is 110 cm³/mol. The molecule has 0 radical (unpaired) electrons. The van der Waals surface area contributed by atoms with Gasteiger partial charge in [0.05, 0.1) is 23.0 Å². The lowest BCUT2D eigenvalue weighted by Gasteiger charge is -2.25. The average Bonchev–Trinajstić information content (AvgIpc) is 2.68. The fraction of sp³-hybridized carbons (Fsp3) is 0.217. The Morgan fingerprint density at radius 3 is 2.46 bits per heavy atom.